The highest BCUT2D eigenvalue weighted by Gasteiger charge is 2.48. The van der Waals surface area contributed by atoms with Crippen LogP contribution in [0.3, 0.4) is 0 Å². The lowest BCUT2D eigenvalue weighted by Gasteiger charge is -2.54. The first-order chi connectivity index (χ1) is 15.0. The molecule has 4 fully saturated rings. The molecule has 31 heavy (non-hydrogen) atoms. The zero-order valence-corrected chi connectivity index (χ0v) is 18.6. The SMILES string of the molecule is Cc1nn(C)c(C)c1-c1cc(C(=O)NC2C3CC4CC(C3)CC2C4)c2ccccc2n1. The molecule has 0 radical (unpaired) electrons. The van der Waals surface area contributed by atoms with Crippen LogP contribution in [0.15, 0.2) is 30.3 Å². The first-order valence-electron chi connectivity index (χ1n) is 11.7. The average Bonchev–Trinajstić information content (AvgIpc) is 3.00. The summed E-state index contributed by atoms with van der Waals surface area (Å²) in [6.07, 6.45) is 6.63. The largest absolute Gasteiger partial charge is 0.349 e. The topological polar surface area (TPSA) is 59.8 Å². The Labute approximate surface area is 183 Å². The maximum atomic E-state index is 13.6. The van der Waals surface area contributed by atoms with E-state index in [1.165, 1.54) is 32.1 Å². The number of pyridine rings is 1. The van der Waals surface area contributed by atoms with Gasteiger partial charge in [-0.25, -0.2) is 4.98 Å². The van der Waals surface area contributed by atoms with Crippen LogP contribution in [-0.4, -0.2) is 26.7 Å². The van der Waals surface area contributed by atoms with E-state index in [-0.39, 0.29) is 5.91 Å². The Hall–Kier alpha value is -2.69. The van der Waals surface area contributed by atoms with Crippen LogP contribution in [0.5, 0.6) is 0 Å². The van der Waals surface area contributed by atoms with Crippen molar-refractivity contribution in [2.75, 3.05) is 0 Å². The van der Waals surface area contributed by atoms with E-state index in [0.29, 0.717) is 17.9 Å². The predicted molar refractivity (Wildman–Crippen MR) is 122 cm³/mol. The van der Waals surface area contributed by atoms with Gasteiger partial charge in [-0.3, -0.25) is 9.48 Å². The molecule has 0 atom stereocenters. The molecule has 3 aromatic rings. The minimum atomic E-state index is 0.0523. The van der Waals surface area contributed by atoms with Gasteiger partial charge in [0.05, 0.1) is 22.5 Å². The second kappa shape index (κ2) is 6.91. The highest BCUT2D eigenvalue weighted by Crippen LogP contribution is 2.53. The van der Waals surface area contributed by atoms with Crippen molar-refractivity contribution >= 4 is 16.8 Å². The Bertz CT molecular complexity index is 1170. The number of aryl methyl sites for hydroxylation is 2. The fourth-order valence-electron chi connectivity index (χ4n) is 7.03. The number of rotatable bonds is 3. The van der Waals surface area contributed by atoms with E-state index in [9.17, 15) is 4.79 Å². The van der Waals surface area contributed by atoms with E-state index in [4.69, 9.17) is 4.98 Å². The molecule has 1 N–H and O–H groups in total. The van der Waals surface area contributed by atoms with Crippen LogP contribution in [0.4, 0.5) is 0 Å². The van der Waals surface area contributed by atoms with E-state index >= 15 is 0 Å². The van der Waals surface area contributed by atoms with Crippen LogP contribution in [0, 0.1) is 37.5 Å². The van der Waals surface area contributed by atoms with Crippen molar-refractivity contribution in [2.45, 2.75) is 52.0 Å². The smallest absolute Gasteiger partial charge is 0.252 e. The monoisotopic (exact) mass is 414 g/mol. The van der Waals surface area contributed by atoms with Crippen molar-refractivity contribution < 1.29 is 4.79 Å². The van der Waals surface area contributed by atoms with Gasteiger partial charge in [-0.1, -0.05) is 18.2 Å². The highest BCUT2D eigenvalue weighted by molar-refractivity contribution is 6.07. The molecule has 0 saturated heterocycles. The third-order valence-electron chi connectivity index (χ3n) is 8.25. The van der Waals surface area contributed by atoms with Gasteiger partial charge in [0.1, 0.15) is 0 Å². The number of para-hydroxylation sites is 1. The number of benzene rings is 1. The summed E-state index contributed by atoms with van der Waals surface area (Å²) in [6, 6.07) is 10.3. The molecule has 0 aliphatic heterocycles. The molecule has 0 spiro atoms. The molecule has 4 aliphatic rings. The number of nitrogens with zero attached hydrogens (tertiary/aromatic N) is 3. The molecular weight excluding hydrogens is 384 g/mol. The Kier molecular flexibility index (Phi) is 4.24. The van der Waals surface area contributed by atoms with Gasteiger partial charge in [0.25, 0.3) is 5.91 Å². The fraction of sp³-hybridized carbons (Fsp3) is 0.500. The van der Waals surface area contributed by atoms with Crippen molar-refractivity contribution in [1.29, 1.82) is 0 Å². The first kappa shape index (κ1) is 19.0. The molecule has 1 amide bonds. The number of hydrogen-bond acceptors (Lipinski definition) is 3. The van der Waals surface area contributed by atoms with Crippen molar-refractivity contribution in [1.82, 2.24) is 20.1 Å². The normalized spacial score (nSPS) is 28.9. The van der Waals surface area contributed by atoms with Gasteiger partial charge < -0.3 is 5.32 Å². The molecule has 2 heterocycles. The summed E-state index contributed by atoms with van der Waals surface area (Å²) in [7, 11) is 1.95. The van der Waals surface area contributed by atoms with E-state index in [2.05, 4.69) is 17.3 Å². The van der Waals surface area contributed by atoms with Gasteiger partial charge in [0.2, 0.25) is 0 Å². The number of nitrogens with one attached hydrogen (secondary N) is 1. The molecular formula is C26H30N4O. The lowest BCUT2D eigenvalue weighted by Crippen LogP contribution is -2.55. The third-order valence-corrected chi connectivity index (χ3v) is 8.25. The zero-order chi connectivity index (χ0) is 21.3. The van der Waals surface area contributed by atoms with Gasteiger partial charge in [-0.15, -0.1) is 0 Å². The molecule has 1 aromatic carbocycles. The van der Waals surface area contributed by atoms with Crippen LogP contribution >= 0.6 is 0 Å². The number of aromatic nitrogens is 3. The molecule has 4 saturated carbocycles. The van der Waals surface area contributed by atoms with Crippen LogP contribution in [0.2, 0.25) is 0 Å². The minimum Gasteiger partial charge on any atom is -0.349 e. The van der Waals surface area contributed by atoms with E-state index in [0.717, 1.165) is 50.9 Å². The Morgan fingerprint density at radius 3 is 2.35 bits per heavy atom. The summed E-state index contributed by atoms with van der Waals surface area (Å²) < 4.78 is 1.88. The quantitative estimate of drug-likeness (QED) is 0.669. The summed E-state index contributed by atoms with van der Waals surface area (Å²) in [6.45, 7) is 4.06. The molecule has 5 heteroatoms. The third kappa shape index (κ3) is 3.00. The molecule has 2 aromatic heterocycles. The number of carbonyl (C=O) groups excluding carboxylic acids is 1. The second-order valence-electron chi connectivity index (χ2n) is 10.2. The Morgan fingerprint density at radius 1 is 1.03 bits per heavy atom. The van der Waals surface area contributed by atoms with Crippen molar-refractivity contribution in [3.8, 4) is 11.3 Å². The number of amides is 1. The minimum absolute atomic E-state index is 0.0523. The highest BCUT2D eigenvalue weighted by atomic mass is 16.1. The molecule has 160 valence electrons. The second-order valence-corrected chi connectivity index (χ2v) is 10.2. The van der Waals surface area contributed by atoms with Crippen molar-refractivity contribution in [3.05, 3.63) is 47.3 Å². The molecule has 7 rings (SSSR count). The first-order valence-corrected chi connectivity index (χ1v) is 11.7. The van der Waals surface area contributed by atoms with Crippen molar-refractivity contribution in [2.24, 2.45) is 30.7 Å². The predicted octanol–water partition coefficient (Wildman–Crippen LogP) is 4.81. The van der Waals surface area contributed by atoms with Crippen molar-refractivity contribution in [3.63, 3.8) is 0 Å². The fourth-order valence-corrected chi connectivity index (χ4v) is 7.03. The van der Waals surface area contributed by atoms with E-state index in [1.807, 2.05) is 49.0 Å². The lowest BCUT2D eigenvalue weighted by molar-refractivity contribution is -0.0119. The van der Waals surface area contributed by atoms with Gasteiger partial charge >= 0.3 is 0 Å². The maximum absolute atomic E-state index is 13.6. The average molecular weight is 415 g/mol. The summed E-state index contributed by atoms with van der Waals surface area (Å²) in [5.74, 6) is 3.18. The molecule has 0 unspecified atom stereocenters. The van der Waals surface area contributed by atoms with Crippen LogP contribution < -0.4 is 5.32 Å². The Morgan fingerprint density at radius 2 is 1.71 bits per heavy atom. The number of fused-ring (bicyclic) bond motifs is 1. The molecule has 4 bridgehead atoms. The molecule has 4 aliphatic carbocycles. The summed E-state index contributed by atoms with van der Waals surface area (Å²) in [5, 5.41) is 8.98. The van der Waals surface area contributed by atoms with Crippen LogP contribution in [0.1, 0.15) is 53.8 Å². The lowest BCUT2D eigenvalue weighted by atomic mass is 9.54. The summed E-state index contributed by atoms with van der Waals surface area (Å²) in [4.78, 5) is 18.6. The zero-order valence-electron chi connectivity index (χ0n) is 18.6. The van der Waals surface area contributed by atoms with Gasteiger partial charge in [-0.2, -0.15) is 5.10 Å². The molecule has 5 nitrogen and oxygen atoms in total. The van der Waals surface area contributed by atoms with Gasteiger partial charge in [0, 0.05) is 29.7 Å². The van der Waals surface area contributed by atoms with Crippen LogP contribution in [0.25, 0.3) is 22.2 Å². The van der Waals surface area contributed by atoms with Gasteiger partial charge in [0.15, 0.2) is 0 Å². The maximum Gasteiger partial charge on any atom is 0.252 e. The number of carbonyl (C=O) groups is 1. The summed E-state index contributed by atoms with van der Waals surface area (Å²) in [5.41, 5.74) is 5.45. The standard InChI is InChI=1S/C26H30N4O/c1-14-24(15(2)30(3)29-14)23-13-21(20-6-4-5-7-22(20)27-23)26(31)28-25-18-9-16-8-17(11-18)12-19(25)10-16/h4-7,13,16-19,25H,8-12H2,1-3H3,(H,28,31). The van der Waals surface area contributed by atoms with Gasteiger partial charge in [-0.05, 0) is 81.8 Å². The number of hydrogen-bond donors (Lipinski definition) is 1. The Balaban J connectivity index is 1.40. The van der Waals surface area contributed by atoms with E-state index in [1.54, 1.807) is 0 Å². The van der Waals surface area contributed by atoms with Crippen LogP contribution in [-0.2, 0) is 7.05 Å². The van der Waals surface area contributed by atoms with E-state index < -0.39 is 0 Å². The summed E-state index contributed by atoms with van der Waals surface area (Å²) >= 11 is 0.